The molecule has 1 saturated carbocycles. The average molecular weight is 308 g/mol. The second-order valence-corrected chi connectivity index (χ2v) is 6.37. The van der Waals surface area contributed by atoms with Gasteiger partial charge >= 0.3 is 6.03 Å². The standard InChI is InChI=1S/C16H28N4O2/c1-20-12-14(11-19-20)7-6-10-17-15(21)18-13-16(22)8-4-2-3-5-9-16/h11-12,22H,2-10,13H2,1H3,(H2,17,18,21). The summed E-state index contributed by atoms with van der Waals surface area (Å²) in [6.45, 7) is 0.973. The number of aliphatic hydroxyl groups is 1. The molecule has 2 rings (SSSR count). The molecule has 1 aromatic rings. The van der Waals surface area contributed by atoms with Crippen LogP contribution in [-0.4, -0.2) is 39.6 Å². The molecule has 1 aliphatic rings. The molecule has 0 bridgehead atoms. The third kappa shape index (κ3) is 5.67. The number of aromatic nitrogens is 2. The van der Waals surface area contributed by atoms with Crippen LogP contribution in [0.1, 0.15) is 50.5 Å². The minimum atomic E-state index is -0.719. The molecule has 1 aliphatic carbocycles. The predicted molar refractivity (Wildman–Crippen MR) is 85.6 cm³/mol. The maximum Gasteiger partial charge on any atom is 0.314 e. The van der Waals surface area contributed by atoms with Crippen molar-refractivity contribution in [1.29, 1.82) is 0 Å². The fourth-order valence-corrected chi connectivity index (χ4v) is 2.97. The minimum absolute atomic E-state index is 0.191. The summed E-state index contributed by atoms with van der Waals surface area (Å²) in [4.78, 5) is 11.8. The fourth-order valence-electron chi connectivity index (χ4n) is 2.97. The quantitative estimate of drug-likeness (QED) is 0.553. The van der Waals surface area contributed by atoms with Crippen LogP contribution in [0.4, 0.5) is 4.79 Å². The van der Waals surface area contributed by atoms with Crippen LogP contribution >= 0.6 is 0 Å². The zero-order valence-corrected chi connectivity index (χ0v) is 13.5. The van der Waals surface area contributed by atoms with Crippen LogP contribution in [0, 0.1) is 0 Å². The number of aryl methyl sites for hydroxylation is 2. The van der Waals surface area contributed by atoms with Crippen LogP contribution in [0.25, 0.3) is 0 Å². The van der Waals surface area contributed by atoms with Crippen LogP contribution in [0.3, 0.4) is 0 Å². The van der Waals surface area contributed by atoms with Crippen LogP contribution in [0.5, 0.6) is 0 Å². The van der Waals surface area contributed by atoms with Gasteiger partial charge in [-0.15, -0.1) is 0 Å². The monoisotopic (exact) mass is 308 g/mol. The van der Waals surface area contributed by atoms with Crippen LogP contribution in [-0.2, 0) is 13.5 Å². The maximum absolute atomic E-state index is 11.8. The molecule has 0 aromatic carbocycles. The number of nitrogens with zero attached hydrogens (tertiary/aromatic N) is 2. The molecule has 1 heterocycles. The van der Waals surface area contributed by atoms with E-state index in [0.29, 0.717) is 13.1 Å². The maximum atomic E-state index is 11.8. The number of carbonyl (C=O) groups excluding carboxylic acids is 1. The van der Waals surface area contributed by atoms with Crippen LogP contribution in [0.2, 0.25) is 0 Å². The van der Waals surface area contributed by atoms with Gasteiger partial charge in [-0.2, -0.15) is 5.10 Å². The zero-order valence-electron chi connectivity index (χ0n) is 13.5. The highest BCUT2D eigenvalue weighted by Gasteiger charge is 2.28. The molecular weight excluding hydrogens is 280 g/mol. The van der Waals surface area contributed by atoms with E-state index >= 15 is 0 Å². The van der Waals surface area contributed by atoms with Gasteiger partial charge in [0.2, 0.25) is 0 Å². The summed E-state index contributed by atoms with van der Waals surface area (Å²) in [5, 5.41) is 20.2. The predicted octanol–water partition coefficient (Wildman–Crippen LogP) is 1.74. The third-order valence-corrected chi connectivity index (χ3v) is 4.30. The van der Waals surface area contributed by atoms with Gasteiger partial charge < -0.3 is 15.7 Å². The second kappa shape index (κ2) is 8.17. The highest BCUT2D eigenvalue weighted by Crippen LogP contribution is 2.26. The molecule has 0 spiro atoms. The molecule has 22 heavy (non-hydrogen) atoms. The van der Waals surface area contributed by atoms with Crippen molar-refractivity contribution in [3.8, 4) is 0 Å². The van der Waals surface area contributed by atoms with E-state index in [1.807, 2.05) is 19.4 Å². The number of urea groups is 1. The van der Waals surface area contributed by atoms with Crippen molar-refractivity contribution in [1.82, 2.24) is 20.4 Å². The molecule has 0 unspecified atom stereocenters. The molecule has 1 aromatic heterocycles. The van der Waals surface area contributed by atoms with E-state index in [9.17, 15) is 9.90 Å². The number of hydrogen-bond donors (Lipinski definition) is 3. The van der Waals surface area contributed by atoms with Crippen molar-refractivity contribution in [2.24, 2.45) is 7.05 Å². The summed E-state index contributed by atoms with van der Waals surface area (Å²) >= 11 is 0. The molecule has 0 radical (unpaired) electrons. The molecule has 6 nitrogen and oxygen atoms in total. The summed E-state index contributed by atoms with van der Waals surface area (Å²) in [6, 6.07) is -0.191. The highest BCUT2D eigenvalue weighted by molar-refractivity contribution is 5.73. The smallest absolute Gasteiger partial charge is 0.314 e. The number of amides is 2. The highest BCUT2D eigenvalue weighted by atomic mass is 16.3. The van der Waals surface area contributed by atoms with Crippen LogP contribution in [0.15, 0.2) is 12.4 Å². The van der Waals surface area contributed by atoms with E-state index in [1.165, 1.54) is 18.4 Å². The van der Waals surface area contributed by atoms with Gasteiger partial charge in [0, 0.05) is 26.3 Å². The largest absolute Gasteiger partial charge is 0.388 e. The van der Waals surface area contributed by atoms with E-state index < -0.39 is 5.60 Å². The number of hydrogen-bond acceptors (Lipinski definition) is 3. The lowest BCUT2D eigenvalue weighted by atomic mass is 9.95. The van der Waals surface area contributed by atoms with Crippen molar-refractivity contribution in [2.75, 3.05) is 13.1 Å². The summed E-state index contributed by atoms with van der Waals surface area (Å²) in [5.74, 6) is 0. The number of carbonyl (C=O) groups is 1. The van der Waals surface area contributed by atoms with Crippen molar-refractivity contribution in [3.63, 3.8) is 0 Å². The first-order chi connectivity index (χ1) is 10.6. The minimum Gasteiger partial charge on any atom is -0.388 e. The lowest BCUT2D eigenvalue weighted by Gasteiger charge is -2.26. The van der Waals surface area contributed by atoms with E-state index in [1.54, 1.807) is 4.68 Å². The van der Waals surface area contributed by atoms with Gasteiger partial charge in [0.1, 0.15) is 0 Å². The van der Waals surface area contributed by atoms with Crippen molar-refractivity contribution < 1.29 is 9.90 Å². The Kier molecular flexibility index (Phi) is 6.24. The van der Waals surface area contributed by atoms with Gasteiger partial charge in [0.15, 0.2) is 0 Å². The molecule has 0 atom stereocenters. The Morgan fingerprint density at radius 2 is 2.05 bits per heavy atom. The fraction of sp³-hybridized carbons (Fsp3) is 0.750. The molecule has 3 N–H and O–H groups in total. The molecular formula is C16H28N4O2. The Hall–Kier alpha value is -1.56. The number of rotatable bonds is 6. The van der Waals surface area contributed by atoms with Crippen molar-refractivity contribution >= 4 is 6.03 Å². The molecule has 0 saturated heterocycles. The van der Waals surface area contributed by atoms with Gasteiger partial charge in [-0.3, -0.25) is 4.68 Å². The number of nitrogens with one attached hydrogen (secondary N) is 2. The molecule has 1 fully saturated rings. The van der Waals surface area contributed by atoms with Gasteiger partial charge in [-0.05, 0) is 31.2 Å². The van der Waals surface area contributed by atoms with Gasteiger partial charge in [-0.25, -0.2) is 4.79 Å². The lowest BCUT2D eigenvalue weighted by molar-refractivity contribution is 0.0277. The normalized spacial score (nSPS) is 17.7. The van der Waals surface area contributed by atoms with E-state index in [4.69, 9.17) is 0 Å². The van der Waals surface area contributed by atoms with Crippen LogP contribution < -0.4 is 10.6 Å². The average Bonchev–Trinajstić information content (AvgIpc) is 2.78. The lowest BCUT2D eigenvalue weighted by Crippen LogP contribution is -2.46. The Morgan fingerprint density at radius 3 is 2.68 bits per heavy atom. The topological polar surface area (TPSA) is 79.2 Å². The summed E-state index contributed by atoms with van der Waals surface area (Å²) in [6.07, 6.45) is 11.6. The second-order valence-electron chi connectivity index (χ2n) is 6.37. The van der Waals surface area contributed by atoms with E-state index in [-0.39, 0.29) is 6.03 Å². The third-order valence-electron chi connectivity index (χ3n) is 4.30. The van der Waals surface area contributed by atoms with Crippen molar-refractivity contribution in [3.05, 3.63) is 18.0 Å². The molecule has 124 valence electrons. The zero-order chi connectivity index (χ0) is 15.8. The summed E-state index contributed by atoms with van der Waals surface area (Å²) < 4.78 is 1.78. The SMILES string of the molecule is Cn1cc(CCCNC(=O)NCC2(O)CCCCCC2)cn1. The van der Waals surface area contributed by atoms with Crippen molar-refractivity contribution in [2.45, 2.75) is 57.0 Å². The van der Waals surface area contributed by atoms with Gasteiger partial charge in [0.25, 0.3) is 0 Å². The molecule has 6 heteroatoms. The Balaban J connectivity index is 1.59. The Morgan fingerprint density at radius 1 is 1.32 bits per heavy atom. The van der Waals surface area contributed by atoms with Gasteiger partial charge in [-0.1, -0.05) is 25.7 Å². The Labute approximate surface area is 132 Å². The Bertz CT molecular complexity index is 464. The first kappa shape index (κ1) is 16.8. The first-order valence-corrected chi connectivity index (χ1v) is 8.29. The van der Waals surface area contributed by atoms with Gasteiger partial charge in [0.05, 0.1) is 11.8 Å². The van der Waals surface area contributed by atoms with E-state index in [0.717, 1.165) is 38.5 Å². The summed E-state index contributed by atoms with van der Waals surface area (Å²) in [5.41, 5.74) is 0.460. The molecule has 0 aliphatic heterocycles. The molecule has 2 amide bonds. The summed E-state index contributed by atoms with van der Waals surface area (Å²) in [7, 11) is 1.90. The first-order valence-electron chi connectivity index (χ1n) is 8.29. The van der Waals surface area contributed by atoms with E-state index in [2.05, 4.69) is 15.7 Å².